The predicted molar refractivity (Wildman–Crippen MR) is 65.5 cm³/mol. The molecule has 1 fully saturated rings. The van der Waals surface area contributed by atoms with Gasteiger partial charge in [-0.1, -0.05) is 0 Å². The van der Waals surface area contributed by atoms with Crippen LogP contribution in [0.25, 0.3) is 0 Å². The molecule has 1 N–H and O–H groups in total. The monoisotopic (exact) mass is 305 g/mol. The van der Waals surface area contributed by atoms with E-state index in [0.717, 1.165) is 16.4 Å². The molecule has 2 rings (SSSR count). The van der Waals surface area contributed by atoms with Gasteiger partial charge in [-0.25, -0.2) is 17.2 Å². The van der Waals surface area contributed by atoms with Crippen LogP contribution in [0.4, 0.5) is 8.78 Å². The van der Waals surface area contributed by atoms with E-state index in [1.54, 1.807) is 0 Å². The fourth-order valence-corrected chi connectivity index (χ4v) is 4.12. The molecule has 0 amide bonds. The Balaban J connectivity index is 2.39. The first-order chi connectivity index (χ1) is 9.23. The summed E-state index contributed by atoms with van der Waals surface area (Å²) in [6.45, 7) is 1.48. The summed E-state index contributed by atoms with van der Waals surface area (Å²) in [5.74, 6) is -3.89. The molecule has 1 saturated heterocycles. The van der Waals surface area contributed by atoms with Crippen LogP contribution < -0.4 is 0 Å². The van der Waals surface area contributed by atoms with Gasteiger partial charge in [-0.15, -0.1) is 0 Å². The predicted octanol–water partition coefficient (Wildman–Crippen LogP) is 1.45. The van der Waals surface area contributed by atoms with Gasteiger partial charge < -0.3 is 5.11 Å². The first-order valence-electron chi connectivity index (χ1n) is 5.94. The zero-order valence-electron chi connectivity index (χ0n) is 10.6. The molecule has 1 heterocycles. The molecule has 0 saturated carbocycles. The Bertz CT molecular complexity index is 627. The molecule has 5 nitrogen and oxygen atoms in total. The Morgan fingerprint density at radius 3 is 2.30 bits per heavy atom. The van der Waals surface area contributed by atoms with E-state index in [-0.39, 0.29) is 13.0 Å². The van der Waals surface area contributed by atoms with Gasteiger partial charge in [0.2, 0.25) is 10.0 Å². The largest absolute Gasteiger partial charge is 0.481 e. The standard InChI is InChI=1S/C12H13F2NO4S/c1-7-11(12(16)17)2-3-15(7)20(18,19)10-5-8(13)4-9(14)6-10/h4-7,11H,2-3H2,1H3,(H,16,17). The van der Waals surface area contributed by atoms with Gasteiger partial charge in [0.15, 0.2) is 0 Å². The van der Waals surface area contributed by atoms with E-state index in [2.05, 4.69) is 0 Å². The minimum atomic E-state index is -4.11. The van der Waals surface area contributed by atoms with Crippen LogP contribution in [0.3, 0.4) is 0 Å². The molecule has 1 aliphatic rings. The maximum absolute atomic E-state index is 13.1. The topological polar surface area (TPSA) is 74.7 Å². The molecule has 110 valence electrons. The SMILES string of the molecule is CC1C(C(=O)O)CCN1S(=O)(=O)c1cc(F)cc(F)c1. The van der Waals surface area contributed by atoms with Gasteiger partial charge in [-0.2, -0.15) is 4.31 Å². The third-order valence-electron chi connectivity index (χ3n) is 3.46. The second-order valence-electron chi connectivity index (χ2n) is 4.69. The van der Waals surface area contributed by atoms with Gasteiger partial charge >= 0.3 is 5.97 Å². The Kier molecular flexibility index (Phi) is 3.79. The van der Waals surface area contributed by atoms with Crippen molar-refractivity contribution in [2.75, 3.05) is 6.54 Å². The number of hydrogen-bond acceptors (Lipinski definition) is 3. The normalized spacial score (nSPS) is 23.9. The summed E-state index contributed by atoms with van der Waals surface area (Å²) < 4.78 is 51.9. The van der Waals surface area contributed by atoms with E-state index in [9.17, 15) is 22.0 Å². The highest BCUT2D eigenvalue weighted by atomic mass is 32.2. The van der Waals surface area contributed by atoms with Crippen molar-refractivity contribution < 1.29 is 27.1 Å². The first-order valence-corrected chi connectivity index (χ1v) is 7.38. The average Bonchev–Trinajstić information content (AvgIpc) is 2.70. The van der Waals surface area contributed by atoms with Crippen LogP contribution in [0.2, 0.25) is 0 Å². The molecule has 0 aliphatic carbocycles. The van der Waals surface area contributed by atoms with Crippen molar-refractivity contribution in [3.05, 3.63) is 29.8 Å². The number of rotatable bonds is 3. The smallest absolute Gasteiger partial charge is 0.308 e. The van der Waals surface area contributed by atoms with Crippen LogP contribution in [0.15, 0.2) is 23.1 Å². The molecule has 0 aromatic heterocycles. The first kappa shape index (κ1) is 14.9. The van der Waals surface area contributed by atoms with Crippen molar-refractivity contribution in [2.24, 2.45) is 5.92 Å². The van der Waals surface area contributed by atoms with Crippen molar-refractivity contribution in [1.29, 1.82) is 0 Å². The van der Waals surface area contributed by atoms with E-state index in [4.69, 9.17) is 5.11 Å². The maximum atomic E-state index is 13.1. The second-order valence-corrected chi connectivity index (χ2v) is 6.59. The van der Waals surface area contributed by atoms with Gasteiger partial charge in [0.05, 0.1) is 10.8 Å². The number of carbonyl (C=O) groups is 1. The number of carboxylic acid groups (broad SMARTS) is 1. The van der Waals surface area contributed by atoms with Crippen LogP contribution in [0, 0.1) is 17.6 Å². The third kappa shape index (κ3) is 2.53. The number of carboxylic acids is 1. The molecular formula is C12H13F2NO4S. The van der Waals surface area contributed by atoms with Crippen molar-refractivity contribution in [2.45, 2.75) is 24.3 Å². The molecule has 1 aromatic carbocycles. The van der Waals surface area contributed by atoms with Gasteiger partial charge in [0.25, 0.3) is 0 Å². The lowest BCUT2D eigenvalue weighted by Gasteiger charge is -2.22. The van der Waals surface area contributed by atoms with Gasteiger partial charge in [-0.05, 0) is 25.5 Å². The van der Waals surface area contributed by atoms with E-state index in [1.807, 2.05) is 0 Å². The van der Waals surface area contributed by atoms with Crippen LogP contribution in [-0.2, 0) is 14.8 Å². The number of hydrogen-bond donors (Lipinski definition) is 1. The second kappa shape index (κ2) is 5.10. The molecule has 2 atom stereocenters. The Morgan fingerprint density at radius 1 is 1.30 bits per heavy atom. The van der Waals surface area contributed by atoms with Gasteiger partial charge in [0.1, 0.15) is 11.6 Å². The molecule has 1 aromatic rings. The number of benzene rings is 1. The summed E-state index contributed by atoms with van der Waals surface area (Å²) in [6.07, 6.45) is 0.174. The maximum Gasteiger partial charge on any atom is 0.308 e. The van der Waals surface area contributed by atoms with Gasteiger partial charge in [0, 0.05) is 18.7 Å². The van der Waals surface area contributed by atoms with Gasteiger partial charge in [-0.3, -0.25) is 4.79 Å². The molecule has 8 heteroatoms. The van der Waals surface area contributed by atoms with Crippen LogP contribution in [0.5, 0.6) is 0 Å². The Hall–Kier alpha value is -1.54. The minimum absolute atomic E-state index is 0.0125. The minimum Gasteiger partial charge on any atom is -0.481 e. The van der Waals surface area contributed by atoms with Crippen LogP contribution in [-0.4, -0.2) is 36.4 Å². The highest BCUT2D eigenvalue weighted by Gasteiger charge is 2.42. The molecule has 0 radical (unpaired) electrons. The van der Waals surface area contributed by atoms with E-state index in [1.165, 1.54) is 6.92 Å². The van der Waals surface area contributed by atoms with Crippen LogP contribution in [0.1, 0.15) is 13.3 Å². The number of nitrogens with zero attached hydrogens (tertiary/aromatic N) is 1. The molecule has 1 aliphatic heterocycles. The Morgan fingerprint density at radius 2 is 1.85 bits per heavy atom. The summed E-state index contributed by atoms with van der Waals surface area (Å²) in [5.41, 5.74) is 0. The van der Waals surface area contributed by atoms with Crippen molar-refractivity contribution in [3.8, 4) is 0 Å². The fourth-order valence-electron chi connectivity index (χ4n) is 2.39. The number of halogens is 2. The molecule has 2 unspecified atom stereocenters. The van der Waals surface area contributed by atoms with E-state index in [0.29, 0.717) is 6.07 Å². The summed E-state index contributed by atoms with van der Waals surface area (Å²) in [7, 11) is -4.11. The third-order valence-corrected chi connectivity index (χ3v) is 5.42. The lowest BCUT2D eigenvalue weighted by molar-refractivity contribution is -0.142. The van der Waals surface area contributed by atoms with Crippen LogP contribution >= 0.6 is 0 Å². The quantitative estimate of drug-likeness (QED) is 0.917. The summed E-state index contributed by atoms with van der Waals surface area (Å²) >= 11 is 0. The lowest BCUT2D eigenvalue weighted by Crippen LogP contribution is -2.37. The summed E-state index contributed by atoms with van der Waals surface area (Å²) in [6, 6.07) is 1.26. The van der Waals surface area contributed by atoms with Crippen molar-refractivity contribution in [3.63, 3.8) is 0 Å². The fraction of sp³-hybridized carbons (Fsp3) is 0.417. The lowest BCUT2D eigenvalue weighted by atomic mass is 10.0. The highest BCUT2D eigenvalue weighted by molar-refractivity contribution is 7.89. The summed E-state index contributed by atoms with van der Waals surface area (Å²) in [4.78, 5) is 10.5. The van der Waals surface area contributed by atoms with E-state index >= 15 is 0 Å². The number of aliphatic carboxylic acids is 1. The molecule has 0 bridgehead atoms. The summed E-state index contributed by atoms with van der Waals surface area (Å²) in [5, 5.41) is 8.98. The Labute approximate surface area is 114 Å². The number of sulfonamides is 1. The highest BCUT2D eigenvalue weighted by Crippen LogP contribution is 2.30. The molecular weight excluding hydrogens is 292 g/mol. The average molecular weight is 305 g/mol. The molecule has 0 spiro atoms. The molecule has 20 heavy (non-hydrogen) atoms. The van der Waals surface area contributed by atoms with Crippen molar-refractivity contribution in [1.82, 2.24) is 4.31 Å². The zero-order chi connectivity index (χ0) is 15.1. The zero-order valence-corrected chi connectivity index (χ0v) is 11.4. The van der Waals surface area contributed by atoms with E-state index < -0.39 is 44.5 Å². The van der Waals surface area contributed by atoms with Crippen molar-refractivity contribution >= 4 is 16.0 Å².